The van der Waals surface area contributed by atoms with Gasteiger partial charge in [0.15, 0.2) is 0 Å². The molecule has 0 aliphatic heterocycles. The lowest BCUT2D eigenvalue weighted by Gasteiger charge is -2.37. The van der Waals surface area contributed by atoms with Gasteiger partial charge < -0.3 is 15.1 Å². The number of furan rings is 1. The van der Waals surface area contributed by atoms with Gasteiger partial charge in [0.2, 0.25) is 0 Å². The smallest absolute Gasteiger partial charge is 0.257 e. The van der Waals surface area contributed by atoms with E-state index < -0.39 is 0 Å². The van der Waals surface area contributed by atoms with Gasteiger partial charge in [-0.3, -0.25) is 4.79 Å². The second-order valence-electron chi connectivity index (χ2n) is 4.26. The minimum absolute atomic E-state index is 0.0569. The Labute approximate surface area is 95.4 Å². The van der Waals surface area contributed by atoms with Crippen LogP contribution in [0, 0.1) is 6.92 Å². The minimum atomic E-state index is 0.0569. The van der Waals surface area contributed by atoms with Crippen molar-refractivity contribution in [2.75, 3.05) is 13.1 Å². The Hall–Kier alpha value is -1.29. The lowest BCUT2D eigenvalue weighted by molar-refractivity contribution is 0.0587. The molecular formula is C12H18N2O2. The first-order valence-corrected chi connectivity index (χ1v) is 5.79. The van der Waals surface area contributed by atoms with E-state index in [1.807, 2.05) is 11.8 Å². The number of carbonyl (C=O) groups is 1. The molecule has 1 saturated carbocycles. The van der Waals surface area contributed by atoms with Crippen LogP contribution in [0.4, 0.5) is 0 Å². The topological polar surface area (TPSA) is 59.5 Å². The predicted octanol–water partition coefficient (Wildman–Crippen LogP) is 1.54. The van der Waals surface area contributed by atoms with Crippen LogP contribution >= 0.6 is 0 Å². The van der Waals surface area contributed by atoms with Crippen LogP contribution < -0.4 is 5.73 Å². The van der Waals surface area contributed by atoms with Crippen molar-refractivity contribution < 1.29 is 9.21 Å². The molecular weight excluding hydrogens is 204 g/mol. The van der Waals surface area contributed by atoms with Crippen molar-refractivity contribution in [3.8, 4) is 0 Å². The van der Waals surface area contributed by atoms with Gasteiger partial charge >= 0.3 is 0 Å². The van der Waals surface area contributed by atoms with Crippen molar-refractivity contribution in [3.05, 3.63) is 23.7 Å². The van der Waals surface area contributed by atoms with Crippen LogP contribution in [0.5, 0.6) is 0 Å². The molecule has 0 unspecified atom stereocenters. The fourth-order valence-electron chi connectivity index (χ4n) is 2.05. The third-order valence-corrected chi connectivity index (χ3v) is 3.24. The number of hydrogen-bond donors (Lipinski definition) is 1. The molecule has 1 aliphatic carbocycles. The quantitative estimate of drug-likeness (QED) is 0.840. The molecule has 1 heterocycles. The molecule has 4 nitrogen and oxygen atoms in total. The molecule has 0 radical (unpaired) electrons. The summed E-state index contributed by atoms with van der Waals surface area (Å²) >= 11 is 0. The van der Waals surface area contributed by atoms with Gasteiger partial charge in [0.25, 0.3) is 5.91 Å². The SMILES string of the molecule is Cc1occc1C(=O)N(CCN)C1CCC1. The highest BCUT2D eigenvalue weighted by atomic mass is 16.3. The van der Waals surface area contributed by atoms with Gasteiger partial charge in [-0.05, 0) is 32.3 Å². The van der Waals surface area contributed by atoms with E-state index in [-0.39, 0.29) is 5.91 Å². The van der Waals surface area contributed by atoms with Crippen molar-refractivity contribution in [1.29, 1.82) is 0 Å². The zero-order valence-corrected chi connectivity index (χ0v) is 9.61. The summed E-state index contributed by atoms with van der Waals surface area (Å²) in [6.07, 6.45) is 4.97. The maximum Gasteiger partial charge on any atom is 0.257 e. The number of hydrogen-bond acceptors (Lipinski definition) is 3. The molecule has 16 heavy (non-hydrogen) atoms. The molecule has 2 rings (SSSR count). The Morgan fingerprint density at radius 1 is 1.62 bits per heavy atom. The molecule has 0 bridgehead atoms. The largest absolute Gasteiger partial charge is 0.469 e. The molecule has 88 valence electrons. The third kappa shape index (κ3) is 1.97. The van der Waals surface area contributed by atoms with E-state index in [0.717, 1.165) is 12.8 Å². The number of nitrogens with zero attached hydrogens (tertiary/aromatic N) is 1. The molecule has 1 aliphatic rings. The Bertz CT molecular complexity index is 369. The highest BCUT2D eigenvalue weighted by Gasteiger charge is 2.29. The standard InChI is InChI=1S/C12H18N2O2/c1-9-11(5-8-16-9)12(15)14(7-6-13)10-3-2-4-10/h5,8,10H,2-4,6-7,13H2,1H3. The zero-order valence-electron chi connectivity index (χ0n) is 9.61. The van der Waals surface area contributed by atoms with Crippen LogP contribution in [-0.2, 0) is 0 Å². The van der Waals surface area contributed by atoms with E-state index in [4.69, 9.17) is 10.2 Å². The molecule has 1 aromatic rings. The lowest BCUT2D eigenvalue weighted by atomic mass is 9.91. The fraction of sp³-hybridized carbons (Fsp3) is 0.583. The highest BCUT2D eigenvalue weighted by Crippen LogP contribution is 2.26. The van der Waals surface area contributed by atoms with Crippen LogP contribution in [-0.4, -0.2) is 29.9 Å². The summed E-state index contributed by atoms with van der Waals surface area (Å²) in [7, 11) is 0. The van der Waals surface area contributed by atoms with Gasteiger partial charge in [0, 0.05) is 19.1 Å². The van der Waals surface area contributed by atoms with E-state index in [0.29, 0.717) is 30.5 Å². The van der Waals surface area contributed by atoms with Gasteiger partial charge in [-0.1, -0.05) is 0 Å². The molecule has 1 fully saturated rings. The number of nitrogens with two attached hydrogens (primary N) is 1. The first kappa shape index (κ1) is 11.2. The van der Waals surface area contributed by atoms with Gasteiger partial charge in [-0.2, -0.15) is 0 Å². The monoisotopic (exact) mass is 222 g/mol. The summed E-state index contributed by atoms with van der Waals surface area (Å²) in [6, 6.07) is 2.12. The Morgan fingerprint density at radius 3 is 2.81 bits per heavy atom. The van der Waals surface area contributed by atoms with Gasteiger partial charge in [0.1, 0.15) is 5.76 Å². The molecule has 0 aromatic carbocycles. The Morgan fingerprint density at radius 2 is 2.38 bits per heavy atom. The molecule has 0 spiro atoms. The first-order valence-electron chi connectivity index (χ1n) is 5.79. The number of amides is 1. The molecule has 1 aromatic heterocycles. The summed E-state index contributed by atoms with van der Waals surface area (Å²) in [5, 5.41) is 0. The van der Waals surface area contributed by atoms with Crippen LogP contribution in [0.25, 0.3) is 0 Å². The van der Waals surface area contributed by atoms with Crippen molar-refractivity contribution >= 4 is 5.91 Å². The van der Waals surface area contributed by atoms with Gasteiger partial charge in [0.05, 0.1) is 11.8 Å². The lowest BCUT2D eigenvalue weighted by Crippen LogP contribution is -2.46. The zero-order chi connectivity index (χ0) is 11.5. The van der Waals surface area contributed by atoms with Crippen LogP contribution in [0.2, 0.25) is 0 Å². The van der Waals surface area contributed by atoms with E-state index in [1.54, 1.807) is 12.3 Å². The molecule has 0 atom stereocenters. The van der Waals surface area contributed by atoms with Crippen molar-refractivity contribution in [2.24, 2.45) is 5.73 Å². The van der Waals surface area contributed by atoms with Crippen LogP contribution in [0.1, 0.15) is 35.4 Å². The van der Waals surface area contributed by atoms with Crippen LogP contribution in [0.15, 0.2) is 16.7 Å². The predicted molar refractivity (Wildman–Crippen MR) is 61.2 cm³/mol. The van der Waals surface area contributed by atoms with Gasteiger partial charge in [-0.25, -0.2) is 0 Å². The maximum atomic E-state index is 12.3. The van der Waals surface area contributed by atoms with Crippen LogP contribution in [0.3, 0.4) is 0 Å². The number of rotatable bonds is 4. The average molecular weight is 222 g/mol. The summed E-state index contributed by atoms with van der Waals surface area (Å²) in [6.45, 7) is 2.96. The summed E-state index contributed by atoms with van der Waals surface area (Å²) in [5.74, 6) is 0.743. The van der Waals surface area contributed by atoms with Crippen molar-refractivity contribution in [2.45, 2.75) is 32.2 Å². The third-order valence-electron chi connectivity index (χ3n) is 3.24. The summed E-state index contributed by atoms with van der Waals surface area (Å²) < 4.78 is 5.17. The summed E-state index contributed by atoms with van der Waals surface area (Å²) in [5.41, 5.74) is 6.22. The number of aryl methyl sites for hydroxylation is 1. The molecule has 0 saturated heterocycles. The summed E-state index contributed by atoms with van der Waals surface area (Å²) in [4.78, 5) is 14.2. The van der Waals surface area contributed by atoms with E-state index in [2.05, 4.69) is 0 Å². The second-order valence-corrected chi connectivity index (χ2v) is 4.26. The molecule has 1 amide bonds. The van der Waals surface area contributed by atoms with Crippen molar-refractivity contribution in [3.63, 3.8) is 0 Å². The second kappa shape index (κ2) is 4.70. The van der Waals surface area contributed by atoms with Crippen molar-refractivity contribution in [1.82, 2.24) is 4.90 Å². The first-order chi connectivity index (χ1) is 7.74. The molecule has 2 N–H and O–H groups in total. The number of carbonyl (C=O) groups excluding carboxylic acids is 1. The Kier molecular flexibility index (Phi) is 3.29. The van der Waals surface area contributed by atoms with E-state index >= 15 is 0 Å². The van der Waals surface area contributed by atoms with E-state index in [9.17, 15) is 4.79 Å². The van der Waals surface area contributed by atoms with Gasteiger partial charge in [-0.15, -0.1) is 0 Å². The normalized spacial score (nSPS) is 15.9. The average Bonchev–Trinajstić information content (AvgIpc) is 2.60. The molecule has 4 heteroatoms. The maximum absolute atomic E-state index is 12.3. The Balaban J connectivity index is 2.13. The minimum Gasteiger partial charge on any atom is -0.469 e. The fourth-order valence-corrected chi connectivity index (χ4v) is 2.05. The van der Waals surface area contributed by atoms with E-state index in [1.165, 1.54) is 6.42 Å². The highest BCUT2D eigenvalue weighted by molar-refractivity contribution is 5.95.